The summed E-state index contributed by atoms with van der Waals surface area (Å²) >= 11 is 1.64. The zero-order chi connectivity index (χ0) is 18.8. The van der Waals surface area contributed by atoms with E-state index in [2.05, 4.69) is 64.8 Å². The van der Waals surface area contributed by atoms with Crippen LogP contribution in [-0.2, 0) is 0 Å². The highest BCUT2D eigenvalue weighted by Crippen LogP contribution is 2.38. The maximum atomic E-state index is 5.51. The SMILES string of the molecule is COc1ccccc1C(C)Nc1ncnc2scc(-c3ccc(C)cc3)c12. The molecule has 0 radical (unpaired) electrons. The van der Waals surface area contributed by atoms with Crippen LogP contribution in [0, 0.1) is 6.92 Å². The van der Waals surface area contributed by atoms with Gasteiger partial charge in [-0.05, 0) is 25.5 Å². The third-order valence-electron chi connectivity index (χ3n) is 4.69. The lowest BCUT2D eigenvalue weighted by atomic mass is 10.0. The fraction of sp³-hybridized carbons (Fsp3) is 0.182. The molecule has 0 aliphatic carbocycles. The molecular formula is C22H21N3OS. The number of nitrogens with zero attached hydrogens (tertiary/aromatic N) is 2. The van der Waals surface area contributed by atoms with Crippen LogP contribution in [0.5, 0.6) is 5.75 Å². The van der Waals surface area contributed by atoms with Crippen LogP contribution in [0.3, 0.4) is 0 Å². The second-order valence-corrected chi connectivity index (χ2v) is 7.38. The average Bonchev–Trinajstić information content (AvgIpc) is 3.13. The number of aryl methyl sites for hydroxylation is 1. The Hall–Kier alpha value is -2.92. The molecule has 2 heterocycles. The third kappa shape index (κ3) is 3.38. The van der Waals surface area contributed by atoms with Crippen molar-refractivity contribution in [2.24, 2.45) is 0 Å². The summed E-state index contributed by atoms with van der Waals surface area (Å²) in [6.45, 7) is 4.21. The first-order valence-electron chi connectivity index (χ1n) is 8.86. The summed E-state index contributed by atoms with van der Waals surface area (Å²) < 4.78 is 5.51. The average molecular weight is 375 g/mol. The zero-order valence-corrected chi connectivity index (χ0v) is 16.4. The van der Waals surface area contributed by atoms with Gasteiger partial charge in [-0.1, -0.05) is 48.0 Å². The number of aromatic nitrogens is 2. The van der Waals surface area contributed by atoms with Crippen molar-refractivity contribution in [3.8, 4) is 16.9 Å². The molecule has 136 valence electrons. The molecule has 27 heavy (non-hydrogen) atoms. The summed E-state index contributed by atoms with van der Waals surface area (Å²) in [4.78, 5) is 9.99. The highest BCUT2D eigenvalue weighted by molar-refractivity contribution is 7.17. The number of rotatable bonds is 5. The molecule has 0 saturated heterocycles. The number of methoxy groups -OCH3 is 1. The molecule has 0 spiro atoms. The van der Waals surface area contributed by atoms with Gasteiger partial charge >= 0.3 is 0 Å². The van der Waals surface area contributed by atoms with Crippen LogP contribution >= 0.6 is 11.3 Å². The van der Waals surface area contributed by atoms with Crippen LogP contribution in [0.2, 0.25) is 0 Å². The Kier molecular flexibility index (Phi) is 4.77. The molecule has 1 atom stereocenters. The number of hydrogen-bond acceptors (Lipinski definition) is 5. The van der Waals surface area contributed by atoms with Crippen LogP contribution in [0.1, 0.15) is 24.1 Å². The number of benzene rings is 2. The van der Waals surface area contributed by atoms with Gasteiger partial charge in [-0.25, -0.2) is 9.97 Å². The van der Waals surface area contributed by atoms with Crippen molar-refractivity contribution < 1.29 is 4.74 Å². The first kappa shape index (κ1) is 17.5. The molecular weight excluding hydrogens is 354 g/mol. The predicted molar refractivity (Wildman–Crippen MR) is 113 cm³/mol. The van der Waals surface area contributed by atoms with Gasteiger partial charge in [-0.2, -0.15) is 0 Å². The molecule has 0 fully saturated rings. The minimum Gasteiger partial charge on any atom is -0.496 e. The number of fused-ring (bicyclic) bond motifs is 1. The van der Waals surface area contributed by atoms with Crippen molar-refractivity contribution >= 4 is 27.4 Å². The highest BCUT2D eigenvalue weighted by Gasteiger charge is 2.17. The van der Waals surface area contributed by atoms with Crippen LogP contribution in [0.4, 0.5) is 5.82 Å². The molecule has 5 heteroatoms. The molecule has 0 aliphatic rings. The fourth-order valence-corrected chi connectivity index (χ4v) is 4.15. The molecule has 2 aromatic carbocycles. The fourth-order valence-electron chi connectivity index (χ4n) is 3.24. The normalized spacial score (nSPS) is 12.1. The van der Waals surface area contributed by atoms with E-state index in [1.54, 1.807) is 24.8 Å². The van der Waals surface area contributed by atoms with Crippen molar-refractivity contribution in [1.82, 2.24) is 9.97 Å². The van der Waals surface area contributed by atoms with E-state index in [4.69, 9.17) is 4.74 Å². The summed E-state index contributed by atoms with van der Waals surface area (Å²) in [6.07, 6.45) is 1.62. The Morgan fingerprint density at radius 3 is 2.59 bits per heavy atom. The maximum absolute atomic E-state index is 5.51. The molecule has 0 saturated carbocycles. The van der Waals surface area contributed by atoms with Crippen molar-refractivity contribution in [2.75, 3.05) is 12.4 Å². The number of anilines is 1. The first-order valence-corrected chi connectivity index (χ1v) is 9.74. The lowest BCUT2D eigenvalue weighted by molar-refractivity contribution is 0.408. The highest BCUT2D eigenvalue weighted by atomic mass is 32.1. The van der Waals surface area contributed by atoms with E-state index in [1.165, 1.54) is 11.1 Å². The van der Waals surface area contributed by atoms with Gasteiger partial charge in [-0.15, -0.1) is 11.3 Å². The molecule has 0 bridgehead atoms. The monoisotopic (exact) mass is 375 g/mol. The number of nitrogens with one attached hydrogen (secondary N) is 1. The molecule has 4 nitrogen and oxygen atoms in total. The van der Waals surface area contributed by atoms with Gasteiger partial charge in [0.2, 0.25) is 0 Å². The Bertz CT molecular complexity index is 1070. The van der Waals surface area contributed by atoms with Crippen LogP contribution in [0.15, 0.2) is 60.2 Å². The summed E-state index contributed by atoms with van der Waals surface area (Å²) in [5, 5.41) is 6.78. The first-order chi connectivity index (χ1) is 13.2. The van der Waals surface area contributed by atoms with Gasteiger partial charge < -0.3 is 10.1 Å². The quantitative estimate of drug-likeness (QED) is 0.475. The van der Waals surface area contributed by atoms with Crippen molar-refractivity contribution in [1.29, 1.82) is 0 Å². The lowest BCUT2D eigenvalue weighted by Crippen LogP contribution is -2.09. The van der Waals surface area contributed by atoms with Crippen LogP contribution < -0.4 is 10.1 Å². The molecule has 0 aliphatic heterocycles. The minimum atomic E-state index is 0.0463. The number of ether oxygens (including phenoxy) is 1. The van der Waals surface area contributed by atoms with E-state index < -0.39 is 0 Å². The van der Waals surface area contributed by atoms with Gasteiger partial charge in [0.25, 0.3) is 0 Å². The van der Waals surface area contributed by atoms with Gasteiger partial charge in [-0.3, -0.25) is 0 Å². The Balaban J connectivity index is 1.76. The standard InChI is InChI=1S/C22H21N3OS/c1-14-8-10-16(11-9-14)18-12-27-22-20(18)21(23-13-24-22)25-15(2)17-6-4-5-7-19(17)26-3/h4-13,15H,1-3H3,(H,23,24,25). The lowest BCUT2D eigenvalue weighted by Gasteiger charge is -2.18. The Morgan fingerprint density at radius 1 is 1.04 bits per heavy atom. The van der Waals surface area contributed by atoms with Crippen molar-refractivity contribution in [3.05, 3.63) is 71.4 Å². The summed E-state index contributed by atoms with van der Waals surface area (Å²) in [5.41, 5.74) is 4.68. The second kappa shape index (κ2) is 7.37. The predicted octanol–water partition coefficient (Wildman–Crippen LogP) is 5.85. The summed E-state index contributed by atoms with van der Waals surface area (Å²) in [6, 6.07) is 16.7. The van der Waals surface area contributed by atoms with Gasteiger partial charge in [0.15, 0.2) is 0 Å². The second-order valence-electron chi connectivity index (χ2n) is 6.53. The van der Waals surface area contributed by atoms with Crippen LogP contribution in [-0.4, -0.2) is 17.1 Å². The van der Waals surface area contributed by atoms with E-state index in [0.29, 0.717) is 0 Å². The van der Waals surface area contributed by atoms with E-state index in [9.17, 15) is 0 Å². The largest absolute Gasteiger partial charge is 0.496 e. The molecule has 1 unspecified atom stereocenters. The number of hydrogen-bond donors (Lipinski definition) is 1. The summed E-state index contributed by atoms with van der Waals surface area (Å²) in [7, 11) is 1.70. The minimum absolute atomic E-state index is 0.0463. The van der Waals surface area contributed by atoms with E-state index >= 15 is 0 Å². The summed E-state index contributed by atoms with van der Waals surface area (Å²) in [5.74, 6) is 1.71. The number of thiophene rings is 1. The number of para-hydroxylation sites is 1. The van der Waals surface area contributed by atoms with Gasteiger partial charge in [0.1, 0.15) is 22.7 Å². The van der Waals surface area contributed by atoms with Crippen molar-refractivity contribution in [3.63, 3.8) is 0 Å². The molecule has 4 rings (SSSR count). The smallest absolute Gasteiger partial charge is 0.139 e. The van der Waals surface area contributed by atoms with Gasteiger partial charge in [0, 0.05) is 16.5 Å². The Labute approximate surface area is 162 Å². The van der Waals surface area contributed by atoms with Crippen molar-refractivity contribution in [2.45, 2.75) is 19.9 Å². The molecule has 2 aromatic heterocycles. The third-order valence-corrected chi connectivity index (χ3v) is 5.58. The van der Waals surface area contributed by atoms with Crippen LogP contribution in [0.25, 0.3) is 21.3 Å². The molecule has 0 amide bonds. The van der Waals surface area contributed by atoms with Gasteiger partial charge in [0.05, 0.1) is 18.5 Å². The van der Waals surface area contributed by atoms with E-state index in [1.807, 2.05) is 18.2 Å². The zero-order valence-electron chi connectivity index (χ0n) is 15.6. The molecule has 4 aromatic rings. The topological polar surface area (TPSA) is 47.0 Å². The molecule has 1 N–H and O–H groups in total. The maximum Gasteiger partial charge on any atom is 0.139 e. The Morgan fingerprint density at radius 2 is 1.81 bits per heavy atom. The van der Waals surface area contributed by atoms with E-state index in [-0.39, 0.29) is 6.04 Å². The van der Waals surface area contributed by atoms with E-state index in [0.717, 1.165) is 32.9 Å².